The van der Waals surface area contributed by atoms with Crippen LogP contribution >= 0.6 is 23.2 Å². The number of fused-ring (bicyclic) bond motifs is 1. The third-order valence-corrected chi connectivity index (χ3v) is 6.89. The van der Waals surface area contributed by atoms with Crippen molar-refractivity contribution in [2.75, 3.05) is 19.6 Å². The van der Waals surface area contributed by atoms with Gasteiger partial charge in [0, 0.05) is 34.9 Å². The fourth-order valence-corrected chi connectivity index (χ4v) is 4.86. The Morgan fingerprint density at radius 1 is 1.06 bits per heavy atom. The molecule has 5 rings (SSSR count). The first-order valence-corrected chi connectivity index (χ1v) is 12.3. The highest BCUT2D eigenvalue weighted by molar-refractivity contribution is 6.32. The van der Waals surface area contributed by atoms with Crippen LogP contribution in [0.15, 0.2) is 61.1 Å². The van der Waals surface area contributed by atoms with Crippen molar-refractivity contribution in [2.45, 2.75) is 25.2 Å². The lowest BCUT2D eigenvalue weighted by atomic mass is 9.89. The SMILES string of the molecule is Clc1ccc2[nH]cc(C3CCN(CCc4cnn(-c5ccccc5Cl)c4)CC3)c2c1.O=C(O)C(=O)O. The molecule has 10 heteroatoms. The number of piperidine rings is 1. The molecule has 1 aliphatic heterocycles. The van der Waals surface area contributed by atoms with Gasteiger partial charge in [-0.05, 0) is 79.7 Å². The Hall–Kier alpha value is -3.33. The van der Waals surface area contributed by atoms with Crippen molar-refractivity contribution >= 4 is 46.0 Å². The normalized spacial score (nSPS) is 14.4. The molecule has 0 amide bonds. The van der Waals surface area contributed by atoms with Crippen molar-refractivity contribution in [1.29, 1.82) is 0 Å². The second-order valence-electron chi connectivity index (χ2n) is 8.65. The van der Waals surface area contributed by atoms with Crippen molar-refractivity contribution in [1.82, 2.24) is 19.7 Å². The molecular weight excluding hydrogens is 503 g/mol. The second kappa shape index (κ2) is 11.6. The van der Waals surface area contributed by atoms with Crippen LogP contribution in [-0.2, 0) is 16.0 Å². The Morgan fingerprint density at radius 2 is 1.78 bits per heavy atom. The fourth-order valence-electron chi connectivity index (χ4n) is 4.47. The molecule has 2 aromatic carbocycles. The van der Waals surface area contributed by atoms with Crippen LogP contribution in [-0.4, -0.2) is 61.5 Å². The van der Waals surface area contributed by atoms with Crippen LogP contribution in [0.2, 0.25) is 10.0 Å². The van der Waals surface area contributed by atoms with E-state index in [0.717, 1.165) is 36.8 Å². The maximum absolute atomic E-state index is 9.10. The lowest BCUT2D eigenvalue weighted by Crippen LogP contribution is -2.34. The van der Waals surface area contributed by atoms with Crippen molar-refractivity contribution in [3.63, 3.8) is 0 Å². The highest BCUT2D eigenvalue weighted by Crippen LogP contribution is 2.34. The van der Waals surface area contributed by atoms with E-state index < -0.39 is 11.9 Å². The predicted octanol–water partition coefficient (Wildman–Crippen LogP) is 5.24. The number of aromatic nitrogens is 3. The molecule has 36 heavy (non-hydrogen) atoms. The summed E-state index contributed by atoms with van der Waals surface area (Å²) in [6.45, 7) is 3.30. The fraction of sp³-hybridized carbons (Fsp3) is 0.269. The lowest BCUT2D eigenvalue weighted by Gasteiger charge is -2.31. The third-order valence-electron chi connectivity index (χ3n) is 6.34. The number of hydrogen-bond donors (Lipinski definition) is 3. The number of H-pyrrole nitrogens is 1. The molecule has 1 saturated heterocycles. The first-order chi connectivity index (χ1) is 17.3. The van der Waals surface area contributed by atoms with Gasteiger partial charge in [0.1, 0.15) is 0 Å². The monoisotopic (exact) mass is 528 g/mol. The predicted molar refractivity (Wildman–Crippen MR) is 139 cm³/mol. The number of nitrogens with one attached hydrogen (secondary N) is 1. The summed E-state index contributed by atoms with van der Waals surface area (Å²) in [6, 6.07) is 13.9. The average molecular weight is 529 g/mol. The van der Waals surface area contributed by atoms with E-state index in [0.29, 0.717) is 10.9 Å². The van der Waals surface area contributed by atoms with Gasteiger partial charge in [0.2, 0.25) is 0 Å². The van der Waals surface area contributed by atoms with Crippen LogP contribution in [0, 0.1) is 0 Å². The summed E-state index contributed by atoms with van der Waals surface area (Å²) in [7, 11) is 0. The minimum absolute atomic E-state index is 0.594. The number of likely N-dealkylation sites (tertiary alicyclic amines) is 1. The highest BCUT2D eigenvalue weighted by Gasteiger charge is 2.23. The molecule has 0 unspecified atom stereocenters. The number of hydrogen-bond acceptors (Lipinski definition) is 4. The third kappa shape index (κ3) is 6.26. The minimum Gasteiger partial charge on any atom is -0.473 e. The molecule has 8 nitrogen and oxygen atoms in total. The molecule has 0 spiro atoms. The van der Waals surface area contributed by atoms with Gasteiger partial charge in [0.25, 0.3) is 0 Å². The average Bonchev–Trinajstić information content (AvgIpc) is 3.51. The van der Waals surface area contributed by atoms with E-state index in [9.17, 15) is 0 Å². The molecule has 0 saturated carbocycles. The van der Waals surface area contributed by atoms with Gasteiger partial charge in [-0.25, -0.2) is 14.3 Å². The number of benzene rings is 2. The standard InChI is InChI=1S/C24H24Cl2N4.C2H2O4/c25-19-5-6-23-20(13-19)21(15-27-23)18-8-11-29(12-9-18)10-7-17-14-28-30(16-17)24-4-2-1-3-22(24)26;3-1(4)2(5)6/h1-6,13-16,18,27H,7-12H2;(H,3,4)(H,5,6). The number of carbonyl (C=O) groups is 2. The van der Waals surface area contributed by atoms with Crippen molar-refractivity contribution in [3.05, 3.63) is 82.2 Å². The van der Waals surface area contributed by atoms with Gasteiger partial charge in [-0.3, -0.25) is 0 Å². The summed E-state index contributed by atoms with van der Waals surface area (Å²) in [4.78, 5) is 24.2. The second-order valence-corrected chi connectivity index (χ2v) is 9.50. The molecule has 1 fully saturated rings. The topological polar surface area (TPSA) is 111 Å². The van der Waals surface area contributed by atoms with Crippen LogP contribution in [0.4, 0.5) is 0 Å². The van der Waals surface area contributed by atoms with E-state index in [-0.39, 0.29) is 0 Å². The number of carboxylic acids is 2. The summed E-state index contributed by atoms with van der Waals surface area (Å²) in [5, 5.41) is 22.1. The first-order valence-electron chi connectivity index (χ1n) is 11.6. The first kappa shape index (κ1) is 25.8. The van der Waals surface area contributed by atoms with Crippen molar-refractivity contribution in [2.24, 2.45) is 0 Å². The Labute approximate surface area is 218 Å². The Kier molecular flexibility index (Phi) is 8.30. The molecule has 0 aliphatic carbocycles. The number of carboxylic acid groups (broad SMARTS) is 2. The zero-order chi connectivity index (χ0) is 25.7. The summed E-state index contributed by atoms with van der Waals surface area (Å²) < 4.78 is 1.87. The molecule has 188 valence electrons. The number of para-hydroxylation sites is 1. The number of halogens is 2. The number of nitrogens with zero attached hydrogens (tertiary/aromatic N) is 3. The van der Waals surface area contributed by atoms with E-state index in [2.05, 4.69) is 39.5 Å². The molecule has 0 bridgehead atoms. The quantitative estimate of drug-likeness (QED) is 0.305. The maximum Gasteiger partial charge on any atom is 0.414 e. The maximum atomic E-state index is 9.10. The van der Waals surface area contributed by atoms with Crippen LogP contribution in [0.5, 0.6) is 0 Å². The number of aliphatic carboxylic acids is 2. The highest BCUT2D eigenvalue weighted by atomic mass is 35.5. The molecule has 0 atom stereocenters. The van der Waals surface area contributed by atoms with E-state index in [1.54, 1.807) is 0 Å². The lowest BCUT2D eigenvalue weighted by molar-refractivity contribution is -0.159. The van der Waals surface area contributed by atoms with E-state index in [1.165, 1.54) is 34.9 Å². The number of rotatable bonds is 5. The van der Waals surface area contributed by atoms with E-state index >= 15 is 0 Å². The summed E-state index contributed by atoms with van der Waals surface area (Å²) in [5.41, 5.74) is 4.74. The smallest absolute Gasteiger partial charge is 0.414 e. The zero-order valence-electron chi connectivity index (χ0n) is 19.4. The van der Waals surface area contributed by atoms with E-state index in [4.69, 9.17) is 43.0 Å². The van der Waals surface area contributed by atoms with Gasteiger partial charge < -0.3 is 20.1 Å². The molecule has 4 aromatic rings. The Morgan fingerprint density at radius 3 is 2.47 bits per heavy atom. The van der Waals surface area contributed by atoms with Crippen LogP contribution in [0.1, 0.15) is 29.9 Å². The van der Waals surface area contributed by atoms with Gasteiger partial charge in [0.15, 0.2) is 0 Å². The molecular formula is C26H26Cl2N4O4. The summed E-state index contributed by atoms with van der Waals surface area (Å²) in [6.07, 6.45) is 9.56. The summed E-state index contributed by atoms with van der Waals surface area (Å²) >= 11 is 12.5. The van der Waals surface area contributed by atoms with Gasteiger partial charge in [-0.2, -0.15) is 5.10 Å². The van der Waals surface area contributed by atoms with Gasteiger partial charge in [-0.1, -0.05) is 35.3 Å². The molecule has 3 N–H and O–H groups in total. The van der Waals surface area contributed by atoms with Crippen molar-refractivity contribution in [3.8, 4) is 5.69 Å². The Bertz CT molecular complexity index is 1350. The molecule has 0 radical (unpaired) electrons. The molecule has 2 aromatic heterocycles. The van der Waals surface area contributed by atoms with Crippen LogP contribution in [0.25, 0.3) is 16.6 Å². The molecule has 3 heterocycles. The van der Waals surface area contributed by atoms with Crippen molar-refractivity contribution < 1.29 is 19.8 Å². The van der Waals surface area contributed by atoms with Gasteiger partial charge >= 0.3 is 11.9 Å². The molecule has 1 aliphatic rings. The van der Waals surface area contributed by atoms with Crippen LogP contribution < -0.4 is 0 Å². The Balaban J connectivity index is 0.000000455. The minimum atomic E-state index is -1.82. The summed E-state index contributed by atoms with van der Waals surface area (Å²) in [5.74, 6) is -3.05. The largest absolute Gasteiger partial charge is 0.473 e. The van der Waals surface area contributed by atoms with Gasteiger partial charge in [-0.15, -0.1) is 0 Å². The van der Waals surface area contributed by atoms with Gasteiger partial charge in [0.05, 0.1) is 16.9 Å². The number of aromatic amines is 1. The van der Waals surface area contributed by atoms with Crippen LogP contribution in [0.3, 0.4) is 0 Å². The zero-order valence-corrected chi connectivity index (χ0v) is 20.9. The van der Waals surface area contributed by atoms with E-state index in [1.807, 2.05) is 41.2 Å².